The van der Waals surface area contributed by atoms with Gasteiger partial charge in [0, 0.05) is 53.1 Å². The number of nitrogens with zero attached hydrogens (tertiary/aromatic N) is 1. The average Bonchev–Trinajstić information content (AvgIpc) is 3.78. The third kappa shape index (κ3) is 37.4. The van der Waals surface area contributed by atoms with E-state index in [0.717, 1.165) is 38.5 Å². The molecule has 0 bridgehead atoms. The summed E-state index contributed by atoms with van der Waals surface area (Å²) in [5.74, 6) is -1.95. The molecule has 0 aromatic carbocycles. The lowest BCUT2D eigenvalue weighted by Crippen LogP contribution is -2.59. The number of allylic oxidation sites excluding steroid dienone is 8. The van der Waals surface area contributed by atoms with Gasteiger partial charge in [0.2, 0.25) is 11.8 Å². The highest BCUT2D eigenvalue weighted by molar-refractivity contribution is 5.78. The Labute approximate surface area is 460 Å². The van der Waals surface area contributed by atoms with Crippen molar-refractivity contribution in [2.75, 3.05) is 72.9 Å². The van der Waals surface area contributed by atoms with E-state index >= 15 is 0 Å². The molecule has 0 aliphatic carbocycles. The maximum atomic E-state index is 12.9. The van der Waals surface area contributed by atoms with Crippen LogP contribution in [0.2, 0.25) is 0 Å². The smallest absolute Gasteiger partial charge is 0.302 e. The van der Waals surface area contributed by atoms with Crippen molar-refractivity contribution in [2.24, 2.45) is 0 Å². The molecule has 2 aliphatic rings. The molecule has 2 amide bonds. The highest BCUT2D eigenvalue weighted by Gasteiger charge is 2.43. The molecule has 2 rings (SSSR count). The monoisotopic (exact) mass is 1070 g/mol. The van der Waals surface area contributed by atoms with Gasteiger partial charge in [0.15, 0.2) is 12.1 Å². The molecule has 76 heavy (non-hydrogen) atoms. The topological polar surface area (TPSA) is 169 Å². The van der Waals surface area contributed by atoms with E-state index in [9.17, 15) is 19.2 Å². The molecule has 0 spiro atoms. The lowest BCUT2D eigenvalue weighted by Gasteiger charge is -2.40. The molecule has 15 nitrogen and oxygen atoms in total. The number of ether oxygens (including phenoxy) is 8. The molecular weight excluding hydrogens is 967 g/mol. The Kier molecular flexibility index (Phi) is 42.0. The van der Waals surface area contributed by atoms with Crippen LogP contribution in [0.4, 0.5) is 0 Å². The Morgan fingerprint density at radius 2 is 1.13 bits per heavy atom. The van der Waals surface area contributed by atoms with Gasteiger partial charge in [-0.25, -0.2) is 0 Å². The summed E-state index contributed by atoms with van der Waals surface area (Å²) in [4.78, 5) is 50.1. The first kappa shape index (κ1) is 68.7. The second kappa shape index (κ2) is 46.5. The first-order valence-electron chi connectivity index (χ1n) is 29.8. The van der Waals surface area contributed by atoms with Crippen molar-refractivity contribution in [1.29, 1.82) is 0 Å². The van der Waals surface area contributed by atoms with Crippen LogP contribution in [-0.2, 0) is 57.1 Å². The van der Waals surface area contributed by atoms with Gasteiger partial charge in [0.05, 0.1) is 58.4 Å². The van der Waals surface area contributed by atoms with Gasteiger partial charge >= 0.3 is 11.9 Å². The SMILES string of the molecule is CCCCC/C=C\C/C=C\CCCCCCCCC1(CCCCCCCC/C=C\C/C=C\CCCCC)OC[C@H](CN(C)CC(=O)NCCOCCOCCO[C@@H]2OC(COC(C)=O)CC(OC(C)=O)[C@@H]2NC(C)=O)O1. The van der Waals surface area contributed by atoms with Gasteiger partial charge in [-0.15, -0.1) is 0 Å². The van der Waals surface area contributed by atoms with Gasteiger partial charge in [-0.2, -0.15) is 0 Å². The summed E-state index contributed by atoms with van der Waals surface area (Å²) in [5.41, 5.74) is 0. The van der Waals surface area contributed by atoms with Crippen LogP contribution >= 0.6 is 0 Å². The molecule has 438 valence electrons. The van der Waals surface area contributed by atoms with Crippen molar-refractivity contribution in [3.63, 3.8) is 0 Å². The Morgan fingerprint density at radius 1 is 0.618 bits per heavy atom. The fourth-order valence-electron chi connectivity index (χ4n) is 9.48. The molecule has 0 saturated carbocycles. The predicted octanol–water partition coefficient (Wildman–Crippen LogP) is 11.7. The highest BCUT2D eigenvalue weighted by atomic mass is 16.7. The van der Waals surface area contributed by atoms with Crippen molar-refractivity contribution in [2.45, 2.75) is 244 Å². The van der Waals surface area contributed by atoms with Crippen molar-refractivity contribution in [3.05, 3.63) is 48.6 Å². The van der Waals surface area contributed by atoms with Gasteiger partial charge in [-0.3, -0.25) is 24.1 Å². The number of carbonyl (C=O) groups excluding carboxylic acids is 4. The van der Waals surface area contributed by atoms with Crippen molar-refractivity contribution < 1.29 is 57.1 Å². The minimum atomic E-state index is -0.968. The van der Waals surface area contributed by atoms with E-state index in [0.29, 0.717) is 39.5 Å². The summed E-state index contributed by atoms with van der Waals surface area (Å²) in [5, 5.41) is 5.70. The third-order valence-corrected chi connectivity index (χ3v) is 13.5. The number of likely N-dealkylation sites (N-methyl/N-ethyl adjacent to an activating group) is 1. The van der Waals surface area contributed by atoms with E-state index in [1.165, 1.54) is 149 Å². The van der Waals surface area contributed by atoms with Crippen molar-refractivity contribution in [1.82, 2.24) is 15.5 Å². The second-order valence-corrected chi connectivity index (χ2v) is 20.8. The lowest BCUT2D eigenvalue weighted by atomic mass is 9.98. The van der Waals surface area contributed by atoms with E-state index in [1.54, 1.807) is 0 Å². The first-order chi connectivity index (χ1) is 37.0. The van der Waals surface area contributed by atoms with Crippen LogP contribution < -0.4 is 10.6 Å². The predicted molar refractivity (Wildman–Crippen MR) is 303 cm³/mol. The van der Waals surface area contributed by atoms with Crippen LogP contribution in [-0.4, -0.2) is 138 Å². The lowest BCUT2D eigenvalue weighted by molar-refractivity contribution is -0.245. The van der Waals surface area contributed by atoms with Crippen molar-refractivity contribution in [3.8, 4) is 0 Å². The van der Waals surface area contributed by atoms with Crippen LogP contribution in [0.15, 0.2) is 48.6 Å². The Morgan fingerprint density at radius 3 is 1.66 bits per heavy atom. The zero-order valence-corrected chi connectivity index (χ0v) is 48.5. The number of nitrogens with one attached hydrogen (secondary N) is 2. The van der Waals surface area contributed by atoms with E-state index in [2.05, 4.69) is 73.1 Å². The number of esters is 2. The molecular formula is C61H107N3O12. The van der Waals surface area contributed by atoms with Gasteiger partial charge in [-0.1, -0.05) is 140 Å². The zero-order chi connectivity index (χ0) is 55.2. The summed E-state index contributed by atoms with van der Waals surface area (Å²) in [6.07, 6.45) is 47.6. The fourth-order valence-corrected chi connectivity index (χ4v) is 9.48. The number of hydrogen-bond donors (Lipinski definition) is 2. The summed E-state index contributed by atoms with van der Waals surface area (Å²) >= 11 is 0. The first-order valence-corrected chi connectivity index (χ1v) is 29.8. The molecule has 2 N–H and O–H groups in total. The van der Waals surface area contributed by atoms with Gasteiger partial charge in [-0.05, 0) is 84.1 Å². The molecule has 2 heterocycles. The van der Waals surface area contributed by atoms with E-state index < -0.39 is 42.3 Å². The average molecular weight is 1070 g/mol. The zero-order valence-electron chi connectivity index (χ0n) is 48.5. The third-order valence-electron chi connectivity index (χ3n) is 13.5. The van der Waals surface area contributed by atoms with E-state index in [4.69, 9.17) is 37.9 Å². The van der Waals surface area contributed by atoms with Crippen molar-refractivity contribution >= 4 is 23.8 Å². The van der Waals surface area contributed by atoms with Crippen LogP contribution in [0, 0.1) is 0 Å². The molecule has 2 aliphatic heterocycles. The number of amides is 2. The van der Waals surface area contributed by atoms with Crippen LogP contribution in [0.3, 0.4) is 0 Å². The summed E-state index contributed by atoms with van der Waals surface area (Å²) in [6, 6.07) is -0.764. The highest BCUT2D eigenvalue weighted by Crippen LogP contribution is 2.35. The number of rotatable bonds is 48. The van der Waals surface area contributed by atoms with Gasteiger partial charge < -0.3 is 48.5 Å². The summed E-state index contributed by atoms with van der Waals surface area (Å²) < 4.78 is 47.1. The Hall–Kier alpha value is -3.44. The number of carbonyl (C=O) groups is 4. The van der Waals surface area contributed by atoms with E-state index in [1.807, 2.05) is 11.9 Å². The Bertz CT molecular complexity index is 1560. The minimum Gasteiger partial charge on any atom is -0.463 e. The molecule has 5 atom stereocenters. The maximum Gasteiger partial charge on any atom is 0.302 e. The second-order valence-electron chi connectivity index (χ2n) is 20.8. The fraction of sp³-hybridized carbons (Fsp3) is 0.803. The normalized spacial score (nSPS) is 19.7. The number of hydrogen-bond acceptors (Lipinski definition) is 13. The molecule has 2 saturated heterocycles. The van der Waals surface area contributed by atoms with Crippen LogP contribution in [0.1, 0.15) is 208 Å². The van der Waals surface area contributed by atoms with Gasteiger partial charge in [0.25, 0.3) is 0 Å². The van der Waals surface area contributed by atoms with E-state index in [-0.39, 0.29) is 50.7 Å². The molecule has 2 unspecified atom stereocenters. The minimum absolute atomic E-state index is 0.0501. The molecule has 0 radical (unpaired) electrons. The summed E-state index contributed by atoms with van der Waals surface area (Å²) in [7, 11) is 1.95. The summed E-state index contributed by atoms with van der Waals surface area (Å²) in [6.45, 7) is 11.4. The van der Waals surface area contributed by atoms with Gasteiger partial charge in [0.1, 0.15) is 18.8 Å². The quantitative estimate of drug-likeness (QED) is 0.0336. The van der Waals surface area contributed by atoms with Crippen LogP contribution in [0.25, 0.3) is 0 Å². The molecule has 0 aromatic heterocycles. The molecule has 2 fully saturated rings. The largest absolute Gasteiger partial charge is 0.463 e. The molecule has 0 aromatic rings. The number of unbranched alkanes of at least 4 members (excludes halogenated alkanes) is 18. The maximum absolute atomic E-state index is 12.9. The Balaban J connectivity index is 1.69. The molecule has 15 heteroatoms. The van der Waals surface area contributed by atoms with Crippen LogP contribution in [0.5, 0.6) is 0 Å². The standard InChI is InChI=1S/C61H107N3O12/c1-7-9-11-13-15-17-19-21-23-25-27-29-31-33-35-37-39-61(40-38-36-34-32-30-28-26-24-22-20-18-16-14-12-10-8-2)73-51-56(76-61)48-64(6)49-58(68)62-41-42-69-43-44-70-45-46-71-60-59(63-52(3)65)57(74-54(5)67)47-55(75-60)50-72-53(4)66/h15-18,21-24,55-57,59-60H,7-14,19-20,25-51H2,1-6H3,(H,62,68)(H,63,65)/b17-15-,18-16-,23-21-,24-22-/t55?,56-,57?,59-,60+/m0/s1.